The van der Waals surface area contributed by atoms with E-state index in [1.807, 2.05) is 19.1 Å². The van der Waals surface area contributed by atoms with Crippen LogP contribution in [0.15, 0.2) is 54.6 Å². The number of ether oxygens (including phenoxy) is 4. The first-order chi connectivity index (χ1) is 24.3. The highest BCUT2D eigenvalue weighted by atomic mass is 19.2. The summed E-state index contributed by atoms with van der Waals surface area (Å²) in [6, 6.07) is 15.7. The maximum atomic E-state index is 14.7. The van der Waals surface area contributed by atoms with Crippen LogP contribution in [0.1, 0.15) is 42.1 Å². The highest BCUT2D eigenvalue weighted by molar-refractivity contribution is 5.96. The molecule has 0 saturated carbocycles. The van der Waals surface area contributed by atoms with E-state index >= 15 is 0 Å². The lowest BCUT2D eigenvalue weighted by Gasteiger charge is -2.33. The number of hydrogen-bond donors (Lipinski definition) is 0. The second kappa shape index (κ2) is 15.6. The van der Waals surface area contributed by atoms with Crippen molar-refractivity contribution in [2.24, 2.45) is 0 Å². The standard InChI is InChI=1S/C38H47F2N5O5/c1-5-50-22-21-45-32-10-7-6-9-31(32)41-37(45)43-16-8-15-42(19-20-43)17-13-38(28-11-12-29(39)30(40)25-28)14-18-44(26-38)36(46)27-23-33(47-2)35(49-4)34(24-27)48-3/h6-7,9-12,23-25H,5,8,13-22,26H2,1-4H3. The molecule has 4 aromatic rings. The predicted molar refractivity (Wildman–Crippen MR) is 189 cm³/mol. The third-order valence-electron chi connectivity index (χ3n) is 10.2. The Hall–Kier alpha value is -4.42. The molecule has 0 N–H and O–H groups in total. The van der Waals surface area contributed by atoms with Gasteiger partial charge in [0, 0.05) is 56.9 Å². The van der Waals surface area contributed by atoms with Gasteiger partial charge in [0.05, 0.1) is 39.0 Å². The Morgan fingerprint density at radius 1 is 0.880 bits per heavy atom. The van der Waals surface area contributed by atoms with Gasteiger partial charge in [-0.2, -0.15) is 0 Å². The number of amides is 1. The number of benzene rings is 3. The molecule has 2 aliphatic heterocycles. The Morgan fingerprint density at radius 2 is 1.66 bits per heavy atom. The quantitative estimate of drug-likeness (QED) is 0.164. The van der Waals surface area contributed by atoms with E-state index in [0.29, 0.717) is 67.5 Å². The molecule has 10 nitrogen and oxygen atoms in total. The van der Waals surface area contributed by atoms with E-state index in [2.05, 4.69) is 26.5 Å². The van der Waals surface area contributed by atoms with Crippen LogP contribution in [0.2, 0.25) is 0 Å². The zero-order chi connectivity index (χ0) is 35.3. The maximum Gasteiger partial charge on any atom is 0.254 e. The van der Waals surface area contributed by atoms with E-state index in [1.54, 1.807) is 23.1 Å². The summed E-state index contributed by atoms with van der Waals surface area (Å²) in [4.78, 5) is 25.6. The number of nitrogens with zero attached hydrogens (tertiary/aromatic N) is 5. The molecule has 2 saturated heterocycles. The lowest BCUT2D eigenvalue weighted by Crippen LogP contribution is -2.39. The number of fused-ring (bicyclic) bond motifs is 1. The van der Waals surface area contributed by atoms with E-state index in [-0.39, 0.29) is 5.91 Å². The van der Waals surface area contributed by atoms with E-state index < -0.39 is 17.0 Å². The van der Waals surface area contributed by atoms with E-state index in [9.17, 15) is 13.6 Å². The minimum absolute atomic E-state index is 0.189. The first-order valence-corrected chi connectivity index (χ1v) is 17.4. The molecule has 1 atom stereocenters. The van der Waals surface area contributed by atoms with Crippen molar-refractivity contribution < 1.29 is 32.5 Å². The van der Waals surface area contributed by atoms with Crippen molar-refractivity contribution in [1.82, 2.24) is 19.4 Å². The topological polar surface area (TPSA) is 81.5 Å². The Balaban J connectivity index is 1.19. The molecule has 1 amide bonds. The third kappa shape index (κ3) is 7.22. The number of para-hydroxylation sites is 2. The molecule has 0 spiro atoms. The molecule has 2 fully saturated rings. The Bertz CT molecular complexity index is 1780. The van der Waals surface area contributed by atoms with Crippen molar-refractivity contribution in [3.63, 3.8) is 0 Å². The second-order valence-corrected chi connectivity index (χ2v) is 13.0. The normalized spacial score (nSPS) is 18.4. The molecule has 50 heavy (non-hydrogen) atoms. The van der Waals surface area contributed by atoms with Gasteiger partial charge < -0.3 is 38.2 Å². The Morgan fingerprint density at radius 3 is 2.38 bits per heavy atom. The summed E-state index contributed by atoms with van der Waals surface area (Å²) in [5.74, 6) is 0.195. The molecule has 3 heterocycles. The Labute approximate surface area is 292 Å². The average Bonchev–Trinajstić information content (AvgIpc) is 3.66. The van der Waals surface area contributed by atoms with Crippen molar-refractivity contribution >= 4 is 22.9 Å². The van der Waals surface area contributed by atoms with E-state index in [4.69, 9.17) is 23.9 Å². The van der Waals surface area contributed by atoms with E-state index in [0.717, 1.165) is 62.7 Å². The van der Waals surface area contributed by atoms with Gasteiger partial charge in [-0.05, 0) is 81.2 Å². The van der Waals surface area contributed by atoms with Gasteiger partial charge >= 0.3 is 0 Å². The van der Waals surface area contributed by atoms with Gasteiger partial charge in [0.15, 0.2) is 23.1 Å². The van der Waals surface area contributed by atoms with E-state index in [1.165, 1.54) is 33.5 Å². The fraction of sp³-hybridized carbons (Fsp3) is 0.474. The lowest BCUT2D eigenvalue weighted by atomic mass is 9.76. The molecule has 268 valence electrons. The molecule has 0 aliphatic carbocycles. The van der Waals surface area contributed by atoms with Crippen LogP contribution in [0.4, 0.5) is 14.7 Å². The molecule has 0 bridgehead atoms. The molecule has 6 rings (SSSR count). The number of imidazole rings is 1. The first-order valence-electron chi connectivity index (χ1n) is 17.4. The fourth-order valence-corrected chi connectivity index (χ4v) is 7.43. The predicted octanol–water partition coefficient (Wildman–Crippen LogP) is 5.76. The summed E-state index contributed by atoms with van der Waals surface area (Å²) < 4.78 is 53.2. The molecule has 3 aromatic carbocycles. The number of rotatable bonds is 13. The van der Waals surface area contributed by atoms with Gasteiger partial charge in [-0.1, -0.05) is 18.2 Å². The van der Waals surface area contributed by atoms with Crippen LogP contribution >= 0.6 is 0 Å². The van der Waals surface area contributed by atoms with Gasteiger partial charge in [-0.15, -0.1) is 0 Å². The smallest absolute Gasteiger partial charge is 0.254 e. The summed E-state index contributed by atoms with van der Waals surface area (Å²) in [5, 5.41) is 0. The molecule has 0 radical (unpaired) electrons. The third-order valence-corrected chi connectivity index (χ3v) is 10.2. The van der Waals surface area contributed by atoms with Crippen molar-refractivity contribution in [3.8, 4) is 17.2 Å². The minimum atomic E-state index is -0.882. The lowest BCUT2D eigenvalue weighted by molar-refractivity contribution is 0.0780. The van der Waals surface area contributed by atoms with Crippen LogP contribution in [-0.2, 0) is 16.7 Å². The first kappa shape index (κ1) is 35.4. The zero-order valence-electron chi connectivity index (χ0n) is 29.4. The molecule has 2 aliphatic rings. The monoisotopic (exact) mass is 691 g/mol. The number of carbonyl (C=O) groups is 1. The summed E-state index contributed by atoms with van der Waals surface area (Å²) >= 11 is 0. The number of likely N-dealkylation sites (tertiary alicyclic amines) is 1. The molecular weight excluding hydrogens is 644 g/mol. The van der Waals surface area contributed by atoms with Crippen molar-refractivity contribution in [2.75, 3.05) is 85.3 Å². The number of halogens is 2. The number of anilines is 1. The van der Waals surface area contributed by atoms with Crippen LogP contribution in [0.5, 0.6) is 17.2 Å². The summed E-state index contributed by atoms with van der Waals surface area (Å²) in [7, 11) is 4.54. The van der Waals surface area contributed by atoms with Crippen molar-refractivity contribution in [3.05, 3.63) is 77.4 Å². The largest absolute Gasteiger partial charge is 0.493 e. The fourth-order valence-electron chi connectivity index (χ4n) is 7.43. The van der Waals surface area contributed by atoms with Crippen LogP contribution in [0.3, 0.4) is 0 Å². The van der Waals surface area contributed by atoms with Crippen molar-refractivity contribution in [1.29, 1.82) is 0 Å². The minimum Gasteiger partial charge on any atom is -0.493 e. The van der Waals surface area contributed by atoms with Gasteiger partial charge in [-0.3, -0.25) is 4.79 Å². The number of carbonyl (C=O) groups excluding carboxylic acids is 1. The molecular formula is C38H47F2N5O5. The maximum absolute atomic E-state index is 14.7. The van der Waals surface area contributed by atoms with Crippen LogP contribution in [0.25, 0.3) is 11.0 Å². The summed E-state index contributed by atoms with van der Waals surface area (Å²) in [6.45, 7) is 9.03. The van der Waals surface area contributed by atoms with Gasteiger partial charge in [0.25, 0.3) is 5.91 Å². The number of methoxy groups -OCH3 is 3. The number of aromatic nitrogens is 2. The highest BCUT2D eigenvalue weighted by Crippen LogP contribution is 2.42. The highest BCUT2D eigenvalue weighted by Gasteiger charge is 2.42. The van der Waals surface area contributed by atoms with Crippen LogP contribution in [0, 0.1) is 11.6 Å². The number of hydrogen-bond acceptors (Lipinski definition) is 8. The van der Waals surface area contributed by atoms with Crippen LogP contribution in [-0.4, -0.2) is 106 Å². The average molecular weight is 692 g/mol. The molecule has 12 heteroatoms. The second-order valence-electron chi connectivity index (χ2n) is 13.0. The Kier molecular flexibility index (Phi) is 11.1. The zero-order valence-corrected chi connectivity index (χ0v) is 29.4. The van der Waals surface area contributed by atoms with Gasteiger partial charge in [0.2, 0.25) is 11.7 Å². The molecule has 1 unspecified atom stereocenters. The van der Waals surface area contributed by atoms with Gasteiger partial charge in [-0.25, -0.2) is 13.8 Å². The van der Waals surface area contributed by atoms with Gasteiger partial charge in [0.1, 0.15) is 0 Å². The summed E-state index contributed by atoms with van der Waals surface area (Å²) in [6.07, 6.45) is 2.26. The van der Waals surface area contributed by atoms with Crippen LogP contribution < -0.4 is 19.1 Å². The summed E-state index contributed by atoms with van der Waals surface area (Å²) in [5.41, 5.74) is 2.63. The molecule has 1 aromatic heterocycles. The van der Waals surface area contributed by atoms with Crippen molar-refractivity contribution in [2.45, 2.75) is 38.1 Å². The SMILES string of the molecule is CCOCCn1c(N2CCCN(CCC3(c4ccc(F)c(F)c4)CCN(C(=O)c4cc(OC)c(OC)c(OC)c4)C3)CC2)nc2ccccc21.